The van der Waals surface area contributed by atoms with Gasteiger partial charge in [-0.3, -0.25) is 4.98 Å². The van der Waals surface area contributed by atoms with Crippen molar-refractivity contribution < 1.29 is 5.11 Å². The first-order chi connectivity index (χ1) is 6.74. The van der Waals surface area contributed by atoms with Crippen LogP contribution in [0.5, 0.6) is 0 Å². The third-order valence-electron chi connectivity index (χ3n) is 1.81. The van der Waals surface area contributed by atoms with Crippen molar-refractivity contribution in [2.75, 3.05) is 0 Å². The smallest absolute Gasteiger partial charge is 0.0968 e. The predicted octanol–water partition coefficient (Wildman–Crippen LogP) is 2.57. The molecule has 0 aliphatic rings. The van der Waals surface area contributed by atoms with Crippen LogP contribution in [-0.2, 0) is 0 Å². The van der Waals surface area contributed by atoms with Gasteiger partial charge in [0.25, 0.3) is 0 Å². The second-order valence-electron chi connectivity index (χ2n) is 2.88. The first-order valence-corrected chi connectivity index (χ1v) is 4.81. The van der Waals surface area contributed by atoms with Crippen molar-refractivity contribution in [2.45, 2.75) is 25.9 Å². The van der Waals surface area contributed by atoms with Crippen LogP contribution in [0.2, 0.25) is 5.02 Å². The predicted molar refractivity (Wildman–Crippen MR) is 56.9 cm³/mol. The SMILES string of the molecule is CC#CCCC(O)c1ccc(Cl)cn1. The van der Waals surface area contributed by atoms with Gasteiger partial charge in [-0.15, -0.1) is 11.8 Å². The Bertz CT molecular complexity index is 337. The fraction of sp³-hybridized carbons (Fsp3) is 0.364. The first-order valence-electron chi connectivity index (χ1n) is 4.43. The van der Waals surface area contributed by atoms with E-state index in [-0.39, 0.29) is 0 Å². The molecule has 0 bridgehead atoms. The van der Waals surface area contributed by atoms with Crippen LogP contribution >= 0.6 is 11.6 Å². The number of rotatable bonds is 3. The lowest BCUT2D eigenvalue weighted by molar-refractivity contribution is 0.164. The zero-order chi connectivity index (χ0) is 10.4. The summed E-state index contributed by atoms with van der Waals surface area (Å²) in [5, 5.41) is 10.2. The number of nitrogens with zero attached hydrogens (tertiary/aromatic N) is 1. The number of halogens is 1. The molecule has 0 saturated carbocycles. The average Bonchev–Trinajstić information content (AvgIpc) is 2.19. The highest BCUT2D eigenvalue weighted by molar-refractivity contribution is 6.30. The molecule has 0 saturated heterocycles. The zero-order valence-electron chi connectivity index (χ0n) is 8.00. The highest BCUT2D eigenvalue weighted by atomic mass is 35.5. The van der Waals surface area contributed by atoms with E-state index in [1.165, 1.54) is 6.20 Å². The van der Waals surface area contributed by atoms with Crippen molar-refractivity contribution in [3.05, 3.63) is 29.0 Å². The van der Waals surface area contributed by atoms with Crippen LogP contribution < -0.4 is 0 Å². The Labute approximate surface area is 88.9 Å². The number of pyridine rings is 1. The molecular weight excluding hydrogens is 198 g/mol. The maximum Gasteiger partial charge on any atom is 0.0968 e. The summed E-state index contributed by atoms with van der Waals surface area (Å²) < 4.78 is 0. The molecule has 0 fully saturated rings. The van der Waals surface area contributed by atoms with Gasteiger partial charge in [-0.2, -0.15) is 0 Å². The third-order valence-corrected chi connectivity index (χ3v) is 2.03. The molecule has 0 aliphatic heterocycles. The van der Waals surface area contributed by atoms with E-state index in [1.807, 2.05) is 0 Å². The summed E-state index contributed by atoms with van der Waals surface area (Å²) in [4.78, 5) is 4.03. The topological polar surface area (TPSA) is 33.1 Å². The molecule has 1 unspecified atom stereocenters. The zero-order valence-corrected chi connectivity index (χ0v) is 8.75. The molecule has 0 aliphatic carbocycles. The summed E-state index contributed by atoms with van der Waals surface area (Å²) in [6, 6.07) is 3.45. The largest absolute Gasteiger partial charge is 0.387 e. The standard InChI is InChI=1S/C11H12ClNO/c1-2-3-4-5-11(14)10-7-6-9(12)8-13-10/h6-8,11,14H,4-5H2,1H3. The Morgan fingerprint density at radius 3 is 2.93 bits per heavy atom. The van der Waals surface area contributed by atoms with E-state index in [1.54, 1.807) is 19.1 Å². The van der Waals surface area contributed by atoms with Crippen LogP contribution in [-0.4, -0.2) is 10.1 Å². The molecule has 3 heteroatoms. The van der Waals surface area contributed by atoms with Crippen LogP contribution in [0.15, 0.2) is 18.3 Å². The lowest BCUT2D eigenvalue weighted by Crippen LogP contribution is -1.99. The van der Waals surface area contributed by atoms with Crippen LogP contribution in [0.1, 0.15) is 31.6 Å². The van der Waals surface area contributed by atoms with Gasteiger partial charge in [0.1, 0.15) is 0 Å². The van der Waals surface area contributed by atoms with Gasteiger partial charge < -0.3 is 5.11 Å². The fourth-order valence-corrected chi connectivity index (χ4v) is 1.18. The summed E-state index contributed by atoms with van der Waals surface area (Å²) >= 11 is 5.68. The van der Waals surface area contributed by atoms with E-state index in [9.17, 15) is 5.11 Å². The molecule has 14 heavy (non-hydrogen) atoms. The van der Waals surface area contributed by atoms with Crippen molar-refractivity contribution in [1.29, 1.82) is 0 Å². The van der Waals surface area contributed by atoms with Gasteiger partial charge in [0.2, 0.25) is 0 Å². The van der Waals surface area contributed by atoms with E-state index in [0.29, 0.717) is 23.6 Å². The summed E-state index contributed by atoms with van der Waals surface area (Å²) in [5.74, 6) is 5.68. The van der Waals surface area contributed by atoms with Gasteiger partial charge in [-0.05, 0) is 25.5 Å². The van der Waals surface area contributed by atoms with E-state index in [0.717, 1.165) is 0 Å². The molecule has 0 aromatic carbocycles. The van der Waals surface area contributed by atoms with E-state index < -0.39 is 6.10 Å². The normalized spacial score (nSPS) is 11.6. The minimum absolute atomic E-state index is 0.548. The molecule has 1 N–H and O–H groups in total. The summed E-state index contributed by atoms with van der Waals surface area (Å²) in [6.07, 6.45) is 2.27. The van der Waals surface area contributed by atoms with E-state index in [2.05, 4.69) is 16.8 Å². The molecule has 1 atom stereocenters. The lowest BCUT2D eigenvalue weighted by Gasteiger charge is -2.07. The Morgan fingerprint density at radius 1 is 1.57 bits per heavy atom. The molecule has 0 radical (unpaired) electrons. The van der Waals surface area contributed by atoms with Crippen molar-refractivity contribution in [3.63, 3.8) is 0 Å². The van der Waals surface area contributed by atoms with Gasteiger partial charge in [-0.25, -0.2) is 0 Å². The van der Waals surface area contributed by atoms with E-state index in [4.69, 9.17) is 11.6 Å². The molecule has 1 aromatic rings. The molecule has 1 aromatic heterocycles. The Hall–Kier alpha value is -1.04. The number of aliphatic hydroxyl groups is 1. The maximum atomic E-state index is 9.66. The average molecular weight is 210 g/mol. The quantitative estimate of drug-likeness (QED) is 0.777. The maximum absolute atomic E-state index is 9.66. The minimum atomic E-state index is -0.548. The second kappa shape index (κ2) is 5.64. The molecule has 2 nitrogen and oxygen atoms in total. The number of hydrogen-bond donors (Lipinski definition) is 1. The van der Waals surface area contributed by atoms with Crippen molar-refractivity contribution in [3.8, 4) is 11.8 Å². The molecule has 1 rings (SSSR count). The van der Waals surface area contributed by atoms with Crippen LogP contribution in [0.3, 0.4) is 0 Å². The molecule has 74 valence electrons. The molecular formula is C11H12ClNO. The molecule has 0 spiro atoms. The van der Waals surface area contributed by atoms with Crippen LogP contribution in [0.25, 0.3) is 0 Å². The van der Waals surface area contributed by atoms with Gasteiger partial charge in [0.15, 0.2) is 0 Å². The van der Waals surface area contributed by atoms with E-state index >= 15 is 0 Å². The first kappa shape index (κ1) is 11.0. The third kappa shape index (κ3) is 3.37. The molecule has 1 heterocycles. The lowest BCUT2D eigenvalue weighted by atomic mass is 10.1. The summed E-state index contributed by atoms with van der Waals surface area (Å²) in [6.45, 7) is 1.78. The van der Waals surface area contributed by atoms with Crippen molar-refractivity contribution in [2.24, 2.45) is 0 Å². The number of hydrogen-bond acceptors (Lipinski definition) is 2. The van der Waals surface area contributed by atoms with Gasteiger partial charge in [0, 0.05) is 12.6 Å². The molecule has 0 amide bonds. The number of aromatic nitrogens is 1. The Morgan fingerprint density at radius 2 is 2.36 bits per heavy atom. The van der Waals surface area contributed by atoms with Gasteiger partial charge >= 0.3 is 0 Å². The second-order valence-corrected chi connectivity index (χ2v) is 3.32. The summed E-state index contributed by atoms with van der Waals surface area (Å²) in [5.41, 5.74) is 0.646. The van der Waals surface area contributed by atoms with Gasteiger partial charge in [0.05, 0.1) is 16.8 Å². The Kier molecular flexibility index (Phi) is 4.45. The minimum Gasteiger partial charge on any atom is -0.387 e. The monoisotopic (exact) mass is 209 g/mol. The van der Waals surface area contributed by atoms with Crippen molar-refractivity contribution in [1.82, 2.24) is 4.98 Å². The van der Waals surface area contributed by atoms with Crippen LogP contribution in [0.4, 0.5) is 0 Å². The summed E-state index contributed by atoms with van der Waals surface area (Å²) in [7, 11) is 0. The van der Waals surface area contributed by atoms with Gasteiger partial charge in [-0.1, -0.05) is 11.6 Å². The fourth-order valence-electron chi connectivity index (χ4n) is 1.07. The number of aliphatic hydroxyl groups excluding tert-OH is 1. The highest BCUT2D eigenvalue weighted by Gasteiger charge is 2.07. The van der Waals surface area contributed by atoms with Crippen LogP contribution in [0, 0.1) is 11.8 Å². The van der Waals surface area contributed by atoms with Crippen molar-refractivity contribution >= 4 is 11.6 Å². The highest BCUT2D eigenvalue weighted by Crippen LogP contribution is 2.17. The Balaban J connectivity index is 2.54.